The van der Waals surface area contributed by atoms with E-state index in [2.05, 4.69) is 28.9 Å². The number of likely N-dealkylation sites (tertiary alicyclic amines) is 1. The minimum atomic E-state index is -0.486. The fourth-order valence-electron chi connectivity index (χ4n) is 5.86. The zero-order chi connectivity index (χ0) is 29.2. The lowest BCUT2D eigenvalue weighted by Crippen LogP contribution is -2.61. The van der Waals surface area contributed by atoms with Crippen molar-refractivity contribution in [1.82, 2.24) is 19.8 Å². The molecule has 0 bridgehead atoms. The van der Waals surface area contributed by atoms with Crippen LogP contribution in [0.4, 0.5) is 10.6 Å². The number of amides is 2. The lowest BCUT2D eigenvalue weighted by Gasteiger charge is -2.54. The van der Waals surface area contributed by atoms with Gasteiger partial charge in [0, 0.05) is 49.8 Å². The Balaban J connectivity index is 1.24. The van der Waals surface area contributed by atoms with E-state index in [1.165, 1.54) is 0 Å². The second-order valence-electron chi connectivity index (χ2n) is 12.4. The van der Waals surface area contributed by atoms with E-state index in [1.54, 1.807) is 11.2 Å². The van der Waals surface area contributed by atoms with Gasteiger partial charge in [0.25, 0.3) is 5.91 Å². The van der Waals surface area contributed by atoms with Gasteiger partial charge in [0.15, 0.2) is 0 Å². The number of hydrogen-bond donors (Lipinski definition) is 0. The summed E-state index contributed by atoms with van der Waals surface area (Å²) in [6.45, 7) is 11.4. The zero-order valence-corrected chi connectivity index (χ0v) is 24.9. The fourth-order valence-corrected chi connectivity index (χ4v) is 5.86. The first-order valence-corrected chi connectivity index (χ1v) is 14.5. The number of nitrogens with zero attached hydrogens (tertiary/aromatic N) is 5. The highest BCUT2D eigenvalue weighted by molar-refractivity contribution is 5.94. The highest BCUT2D eigenvalue weighted by Gasteiger charge is 2.47. The molecule has 216 valence electrons. The van der Waals surface area contributed by atoms with Crippen LogP contribution >= 0.6 is 0 Å². The summed E-state index contributed by atoms with van der Waals surface area (Å²) in [6.07, 6.45) is 4.07. The van der Waals surface area contributed by atoms with Gasteiger partial charge in [-0.3, -0.25) is 4.79 Å². The van der Waals surface area contributed by atoms with E-state index in [9.17, 15) is 9.59 Å². The summed E-state index contributed by atoms with van der Waals surface area (Å²) in [5.41, 5.74) is 4.53. The van der Waals surface area contributed by atoms with Gasteiger partial charge < -0.3 is 19.4 Å². The highest BCUT2D eigenvalue weighted by atomic mass is 16.6. The minimum Gasteiger partial charge on any atom is -0.444 e. The number of aryl methyl sites for hydroxylation is 1. The molecule has 8 heteroatoms. The molecule has 8 nitrogen and oxygen atoms in total. The van der Waals surface area contributed by atoms with Gasteiger partial charge in [-0.15, -0.1) is 0 Å². The van der Waals surface area contributed by atoms with E-state index in [0.717, 1.165) is 60.6 Å². The summed E-state index contributed by atoms with van der Waals surface area (Å²) in [7, 11) is 1.84. The van der Waals surface area contributed by atoms with Crippen molar-refractivity contribution in [3.8, 4) is 11.1 Å². The van der Waals surface area contributed by atoms with E-state index in [1.807, 2.05) is 75.2 Å². The van der Waals surface area contributed by atoms with Crippen LogP contribution in [0.3, 0.4) is 0 Å². The van der Waals surface area contributed by atoms with Crippen molar-refractivity contribution in [2.45, 2.75) is 59.1 Å². The third-order valence-corrected chi connectivity index (χ3v) is 8.16. The Labute approximate surface area is 243 Å². The van der Waals surface area contributed by atoms with Crippen LogP contribution in [0.15, 0.2) is 60.9 Å². The number of carbonyl (C=O) groups excluding carboxylic acids is 2. The molecule has 0 N–H and O–H groups in total. The molecule has 5 rings (SSSR count). The SMILES string of the molecule is CCc1ncnc(N2CC3(CCN(C(=O)OC(C)(C)C)CC3)C2)c1CN(C)C(=O)c1ccc(-c2ccccc2)cc1. The lowest BCUT2D eigenvalue weighted by atomic mass is 9.72. The molecule has 0 atom stereocenters. The van der Waals surface area contributed by atoms with E-state index in [-0.39, 0.29) is 17.4 Å². The quantitative estimate of drug-likeness (QED) is 0.382. The van der Waals surface area contributed by atoms with Gasteiger partial charge in [0.2, 0.25) is 0 Å². The molecule has 0 unspecified atom stereocenters. The van der Waals surface area contributed by atoms with E-state index < -0.39 is 5.60 Å². The monoisotopic (exact) mass is 555 g/mol. The Hall–Kier alpha value is -3.94. The lowest BCUT2D eigenvalue weighted by molar-refractivity contribution is 0.00584. The molecular formula is C33H41N5O3. The summed E-state index contributed by atoms with van der Waals surface area (Å²) in [6, 6.07) is 17.9. The van der Waals surface area contributed by atoms with Gasteiger partial charge in [0.1, 0.15) is 17.7 Å². The van der Waals surface area contributed by atoms with Crippen LogP contribution in [0.2, 0.25) is 0 Å². The van der Waals surface area contributed by atoms with Crippen LogP contribution in [0, 0.1) is 5.41 Å². The van der Waals surface area contributed by atoms with Crippen molar-refractivity contribution in [3.63, 3.8) is 0 Å². The summed E-state index contributed by atoms with van der Waals surface area (Å²) in [5.74, 6) is 0.882. The number of ether oxygens (including phenoxy) is 1. The van der Waals surface area contributed by atoms with Gasteiger partial charge >= 0.3 is 6.09 Å². The Morgan fingerprint density at radius 2 is 1.59 bits per heavy atom. The summed E-state index contributed by atoms with van der Waals surface area (Å²) < 4.78 is 5.57. The van der Waals surface area contributed by atoms with E-state index >= 15 is 0 Å². The van der Waals surface area contributed by atoms with Crippen molar-refractivity contribution in [2.75, 3.05) is 38.1 Å². The van der Waals surface area contributed by atoms with Crippen LogP contribution in [0.1, 0.15) is 62.2 Å². The molecule has 3 heterocycles. The molecule has 2 aliphatic rings. The third kappa shape index (κ3) is 6.37. The van der Waals surface area contributed by atoms with Crippen LogP contribution in [0.25, 0.3) is 11.1 Å². The maximum Gasteiger partial charge on any atom is 0.410 e. The smallest absolute Gasteiger partial charge is 0.410 e. The number of hydrogen-bond acceptors (Lipinski definition) is 6. The van der Waals surface area contributed by atoms with Crippen molar-refractivity contribution < 1.29 is 14.3 Å². The van der Waals surface area contributed by atoms with Crippen LogP contribution < -0.4 is 4.90 Å². The predicted molar refractivity (Wildman–Crippen MR) is 161 cm³/mol. The van der Waals surface area contributed by atoms with E-state index in [0.29, 0.717) is 25.2 Å². The summed E-state index contributed by atoms with van der Waals surface area (Å²) >= 11 is 0. The average molecular weight is 556 g/mol. The summed E-state index contributed by atoms with van der Waals surface area (Å²) in [5, 5.41) is 0. The van der Waals surface area contributed by atoms with E-state index in [4.69, 9.17) is 9.72 Å². The Bertz CT molecular complexity index is 1370. The molecule has 3 aromatic rings. The molecular weight excluding hydrogens is 514 g/mol. The van der Waals surface area contributed by atoms with Crippen LogP contribution in [-0.2, 0) is 17.7 Å². The van der Waals surface area contributed by atoms with Gasteiger partial charge in [-0.1, -0.05) is 49.4 Å². The molecule has 2 amide bonds. The number of benzene rings is 2. The third-order valence-electron chi connectivity index (χ3n) is 8.16. The average Bonchev–Trinajstić information content (AvgIpc) is 2.95. The molecule has 2 fully saturated rings. The number of rotatable bonds is 6. The first-order valence-electron chi connectivity index (χ1n) is 14.5. The second kappa shape index (κ2) is 11.5. The number of anilines is 1. The van der Waals surface area contributed by atoms with Crippen molar-refractivity contribution in [3.05, 3.63) is 77.7 Å². The molecule has 1 aromatic heterocycles. The molecule has 41 heavy (non-hydrogen) atoms. The highest BCUT2D eigenvalue weighted by Crippen LogP contribution is 2.43. The Kier molecular flexibility index (Phi) is 8.02. The first kappa shape index (κ1) is 28.6. The molecule has 2 saturated heterocycles. The van der Waals surface area contributed by atoms with Gasteiger partial charge in [0.05, 0.1) is 12.2 Å². The Morgan fingerprint density at radius 1 is 0.951 bits per heavy atom. The fraction of sp³-hybridized carbons (Fsp3) is 0.455. The van der Waals surface area contributed by atoms with Crippen LogP contribution in [0.5, 0.6) is 0 Å². The van der Waals surface area contributed by atoms with Gasteiger partial charge in [-0.05, 0) is 63.3 Å². The maximum absolute atomic E-state index is 13.4. The van der Waals surface area contributed by atoms with Crippen molar-refractivity contribution in [2.24, 2.45) is 5.41 Å². The van der Waals surface area contributed by atoms with Crippen LogP contribution in [-0.4, -0.2) is 70.6 Å². The zero-order valence-electron chi connectivity index (χ0n) is 24.9. The predicted octanol–water partition coefficient (Wildman–Crippen LogP) is 5.82. The number of carbonyl (C=O) groups is 2. The molecule has 0 aliphatic carbocycles. The molecule has 1 spiro atoms. The summed E-state index contributed by atoms with van der Waals surface area (Å²) in [4.78, 5) is 41.1. The molecule has 0 saturated carbocycles. The maximum atomic E-state index is 13.4. The minimum absolute atomic E-state index is 0.0314. The normalized spacial score (nSPS) is 16.3. The second-order valence-corrected chi connectivity index (χ2v) is 12.4. The van der Waals surface area contributed by atoms with Gasteiger partial charge in [-0.25, -0.2) is 14.8 Å². The first-order chi connectivity index (χ1) is 19.6. The number of piperidine rings is 1. The van der Waals surface area contributed by atoms with Crippen molar-refractivity contribution >= 4 is 17.8 Å². The Morgan fingerprint density at radius 3 is 2.20 bits per heavy atom. The standard InChI is InChI=1S/C33H41N5O3/c1-6-28-27(20-36(5)30(39)26-14-12-25(13-15-26)24-10-8-7-9-11-24)29(35-23-34-28)38-21-33(22-38)16-18-37(19-17-33)31(40)41-32(2,3)4/h7-15,23H,6,16-22H2,1-5H3. The molecule has 0 radical (unpaired) electrons. The molecule has 2 aliphatic heterocycles. The topological polar surface area (TPSA) is 78.9 Å². The largest absolute Gasteiger partial charge is 0.444 e. The van der Waals surface area contributed by atoms with Crippen molar-refractivity contribution in [1.29, 1.82) is 0 Å². The molecule has 2 aromatic carbocycles. The van der Waals surface area contributed by atoms with Gasteiger partial charge in [-0.2, -0.15) is 0 Å². The number of aromatic nitrogens is 2.